The number of rotatable bonds is 2. The molecule has 0 N–H and O–H groups in total. The van der Waals surface area contributed by atoms with Crippen LogP contribution in [-0.4, -0.2) is 19.5 Å². The van der Waals surface area contributed by atoms with Crippen molar-refractivity contribution in [2.45, 2.75) is 0 Å². The molecule has 0 saturated heterocycles. The molecule has 0 saturated carbocycles. The van der Waals surface area contributed by atoms with Gasteiger partial charge in [0, 0.05) is 16.0 Å². The van der Waals surface area contributed by atoms with Gasteiger partial charge in [-0.2, -0.15) is 0 Å². The van der Waals surface area contributed by atoms with Crippen LogP contribution in [0.5, 0.6) is 0 Å². The summed E-state index contributed by atoms with van der Waals surface area (Å²) in [7, 11) is 1.53. The Morgan fingerprint density at radius 3 is 2.00 bits per heavy atom. The maximum Gasteiger partial charge on any atom is 0.233 e. The van der Waals surface area contributed by atoms with Crippen molar-refractivity contribution in [1.29, 1.82) is 0 Å². The third-order valence-electron chi connectivity index (χ3n) is 0.321. The van der Waals surface area contributed by atoms with E-state index in [4.69, 9.17) is 10.7 Å². The first-order chi connectivity index (χ1) is 3.06. The molecule has 0 aliphatic rings. The molecular weight excluding hydrogens is 203 g/mol. The van der Waals surface area contributed by atoms with Gasteiger partial charge in [0.2, 0.25) is 9.05 Å². The minimum atomic E-state index is -3.25. The topological polar surface area (TPSA) is 34.1 Å². The first-order valence-corrected chi connectivity index (χ1v) is 5.14. The van der Waals surface area contributed by atoms with E-state index >= 15 is 0 Å². The molecule has 0 fully saturated rings. The Hall–Kier alpha value is 0.720. The van der Waals surface area contributed by atoms with Crippen molar-refractivity contribution in [1.82, 2.24) is 0 Å². The summed E-state index contributed by atoms with van der Waals surface area (Å²) in [5.41, 5.74) is 0. The Labute approximate surface area is 55.4 Å². The molecule has 0 aliphatic heterocycles. The lowest BCUT2D eigenvalue weighted by Gasteiger charge is -1.83. The molecule has 0 spiro atoms. The number of hydrogen-bond acceptors (Lipinski definition) is 2. The lowest BCUT2D eigenvalue weighted by atomic mass is 11.0. The molecule has 0 unspecified atom stereocenters. The average molecular weight is 207 g/mol. The molecule has 0 rings (SSSR count). The van der Waals surface area contributed by atoms with Gasteiger partial charge < -0.3 is 0 Å². The maximum absolute atomic E-state index is 9.97. The van der Waals surface area contributed by atoms with Gasteiger partial charge in [0.05, 0.1) is 5.75 Å². The normalized spacial score (nSPS) is 11.7. The van der Waals surface area contributed by atoms with E-state index in [9.17, 15) is 8.42 Å². The minimum absolute atomic E-state index is 0.00540. The molecule has 0 aromatic rings. The molecule has 5 heteroatoms. The summed E-state index contributed by atoms with van der Waals surface area (Å²) >= 11 is 2.92. The predicted molar refractivity (Wildman–Crippen MR) is 33.4 cm³/mol. The van der Waals surface area contributed by atoms with Crippen LogP contribution in [0.2, 0.25) is 0 Å². The molecule has 0 radical (unpaired) electrons. The van der Waals surface area contributed by atoms with Crippen molar-refractivity contribution in [2.75, 3.05) is 11.1 Å². The van der Waals surface area contributed by atoms with Crippen LogP contribution >= 0.6 is 26.6 Å². The van der Waals surface area contributed by atoms with Gasteiger partial charge in [-0.15, -0.1) is 0 Å². The second kappa shape index (κ2) is 2.89. The van der Waals surface area contributed by atoms with Gasteiger partial charge in [-0.25, -0.2) is 8.42 Å². The van der Waals surface area contributed by atoms with Crippen molar-refractivity contribution in [3.63, 3.8) is 0 Å². The van der Waals surface area contributed by atoms with E-state index in [2.05, 4.69) is 15.9 Å². The summed E-state index contributed by atoms with van der Waals surface area (Å²) in [5.74, 6) is -0.00540. The quantitative estimate of drug-likeness (QED) is 0.499. The highest BCUT2D eigenvalue weighted by Gasteiger charge is 2.00. The van der Waals surface area contributed by atoms with Crippen molar-refractivity contribution in [2.24, 2.45) is 0 Å². The second-order valence-corrected chi connectivity index (χ2v) is 4.62. The van der Waals surface area contributed by atoms with Crippen LogP contribution in [0.25, 0.3) is 0 Å². The van der Waals surface area contributed by atoms with Crippen molar-refractivity contribution in [3.05, 3.63) is 0 Å². The Morgan fingerprint density at radius 2 is 2.00 bits per heavy atom. The van der Waals surface area contributed by atoms with Gasteiger partial charge in [0.25, 0.3) is 0 Å². The fraction of sp³-hybridized carbons (Fsp3) is 1.00. The van der Waals surface area contributed by atoms with E-state index in [1.54, 1.807) is 0 Å². The highest BCUT2D eigenvalue weighted by molar-refractivity contribution is 9.09. The zero-order valence-electron chi connectivity index (χ0n) is 3.39. The van der Waals surface area contributed by atoms with E-state index in [0.29, 0.717) is 5.33 Å². The molecule has 7 heavy (non-hydrogen) atoms. The van der Waals surface area contributed by atoms with Gasteiger partial charge in [0.1, 0.15) is 0 Å². The monoisotopic (exact) mass is 206 g/mol. The third kappa shape index (κ3) is 6.72. The third-order valence-corrected chi connectivity index (χ3v) is 2.40. The summed E-state index contributed by atoms with van der Waals surface area (Å²) in [6, 6.07) is 0. The van der Waals surface area contributed by atoms with Crippen molar-refractivity contribution < 1.29 is 8.42 Å². The van der Waals surface area contributed by atoms with E-state index < -0.39 is 9.05 Å². The minimum Gasteiger partial charge on any atom is -0.212 e. The average Bonchev–Trinajstić information content (AvgIpc) is 1.30. The fourth-order valence-electron chi connectivity index (χ4n) is 0.0922. The molecule has 0 heterocycles. The van der Waals surface area contributed by atoms with Gasteiger partial charge in [-0.3, -0.25) is 0 Å². The molecule has 0 aromatic carbocycles. The Balaban J connectivity index is 3.60. The van der Waals surface area contributed by atoms with E-state index in [0.717, 1.165) is 0 Å². The zero-order chi connectivity index (χ0) is 5.91. The molecule has 0 aliphatic carbocycles. The van der Waals surface area contributed by atoms with Crippen molar-refractivity contribution >= 4 is 35.7 Å². The van der Waals surface area contributed by atoms with Gasteiger partial charge >= 0.3 is 0 Å². The van der Waals surface area contributed by atoms with Crippen LogP contribution in [0, 0.1) is 0 Å². The Morgan fingerprint density at radius 1 is 1.57 bits per heavy atom. The van der Waals surface area contributed by atoms with E-state index in [1.165, 1.54) is 0 Å². The van der Waals surface area contributed by atoms with Crippen molar-refractivity contribution in [3.8, 4) is 0 Å². The highest BCUT2D eigenvalue weighted by atomic mass is 79.9. The smallest absolute Gasteiger partial charge is 0.212 e. The predicted octanol–water partition coefficient (Wildman–Crippen LogP) is 0.950. The van der Waals surface area contributed by atoms with Crippen LogP contribution in [-0.2, 0) is 9.05 Å². The summed E-state index contributed by atoms with van der Waals surface area (Å²) in [4.78, 5) is 0. The van der Waals surface area contributed by atoms with Crippen LogP contribution in [0.3, 0.4) is 0 Å². The standard InChI is InChI=1S/C2H4BrClO2S/c3-1-2-7(4,5)6/h1-2H2. The Kier molecular flexibility index (Phi) is 3.19. The number of halogens is 2. The van der Waals surface area contributed by atoms with Crippen LogP contribution in [0.15, 0.2) is 0 Å². The maximum atomic E-state index is 9.97. The lowest BCUT2D eigenvalue weighted by molar-refractivity contribution is 0.611. The zero-order valence-corrected chi connectivity index (χ0v) is 6.55. The van der Waals surface area contributed by atoms with Crippen LogP contribution in [0.4, 0.5) is 0 Å². The summed E-state index contributed by atoms with van der Waals surface area (Å²) in [6.45, 7) is 0. The molecule has 0 aromatic heterocycles. The first kappa shape index (κ1) is 7.72. The van der Waals surface area contributed by atoms with E-state index in [1.807, 2.05) is 0 Å². The molecule has 0 bridgehead atoms. The van der Waals surface area contributed by atoms with Crippen LogP contribution < -0.4 is 0 Å². The lowest BCUT2D eigenvalue weighted by Crippen LogP contribution is -1.96. The molecule has 0 atom stereocenters. The second-order valence-electron chi connectivity index (χ2n) is 0.932. The first-order valence-electron chi connectivity index (χ1n) is 1.54. The van der Waals surface area contributed by atoms with E-state index in [-0.39, 0.29) is 5.75 Å². The summed E-state index contributed by atoms with van der Waals surface area (Å²) in [5, 5.41) is 0.402. The summed E-state index contributed by atoms with van der Waals surface area (Å²) in [6.07, 6.45) is 0. The van der Waals surface area contributed by atoms with Gasteiger partial charge in [-0.1, -0.05) is 15.9 Å². The Bertz CT molecular complexity index is 129. The summed E-state index contributed by atoms with van der Waals surface area (Å²) < 4.78 is 19.9. The molecule has 0 amide bonds. The van der Waals surface area contributed by atoms with Crippen LogP contribution in [0.1, 0.15) is 0 Å². The fourth-order valence-corrected chi connectivity index (χ4v) is 2.35. The molecule has 44 valence electrons. The number of alkyl halides is 1. The number of hydrogen-bond donors (Lipinski definition) is 0. The highest BCUT2D eigenvalue weighted by Crippen LogP contribution is 1.96. The largest absolute Gasteiger partial charge is 0.233 e. The molecular formula is C2H4BrClO2S. The SMILES string of the molecule is O=S(=O)(Cl)CCBr. The molecule has 2 nitrogen and oxygen atoms in total. The van der Waals surface area contributed by atoms with Gasteiger partial charge in [0.15, 0.2) is 0 Å². The van der Waals surface area contributed by atoms with Gasteiger partial charge in [-0.05, 0) is 0 Å².